The van der Waals surface area contributed by atoms with Crippen LogP contribution in [0.4, 0.5) is 0 Å². The molecule has 3 N–H and O–H groups in total. The lowest BCUT2D eigenvalue weighted by Gasteiger charge is -2.12. The van der Waals surface area contributed by atoms with Gasteiger partial charge in [0.15, 0.2) is 6.10 Å². The van der Waals surface area contributed by atoms with E-state index in [9.17, 15) is 4.79 Å². The van der Waals surface area contributed by atoms with E-state index < -0.39 is 12.1 Å². The van der Waals surface area contributed by atoms with Crippen LogP contribution in [0, 0.1) is 36.5 Å². The number of hydrogen-bond acceptors (Lipinski definition) is 3. The maximum absolute atomic E-state index is 10.2. The molecule has 20 heavy (non-hydrogen) atoms. The molecule has 0 aromatic rings. The zero-order chi connectivity index (χ0) is 16.1. The number of carboxylic acids is 1. The number of aliphatic carboxylic acids is 1. The van der Waals surface area contributed by atoms with E-state index in [1.165, 1.54) is 0 Å². The maximum Gasteiger partial charge on any atom is 0.332 e. The second-order valence-electron chi connectivity index (χ2n) is 4.96. The second-order valence-corrected chi connectivity index (χ2v) is 4.96. The van der Waals surface area contributed by atoms with Crippen LogP contribution in [0.1, 0.15) is 46.5 Å². The van der Waals surface area contributed by atoms with Crippen LogP contribution in [0.3, 0.4) is 0 Å². The molecule has 0 unspecified atom stereocenters. The van der Waals surface area contributed by atoms with Gasteiger partial charge in [-0.2, -0.15) is 0 Å². The van der Waals surface area contributed by atoms with Crippen LogP contribution in [0.5, 0.6) is 0 Å². The molecule has 0 rings (SSSR count). The highest BCUT2D eigenvalue weighted by molar-refractivity contribution is 5.72. The smallest absolute Gasteiger partial charge is 0.332 e. The molecule has 0 aliphatic heterocycles. The number of terminal acetylenes is 2. The molecule has 0 aromatic carbocycles. The summed E-state index contributed by atoms with van der Waals surface area (Å²) < 4.78 is 0. The van der Waals surface area contributed by atoms with Crippen LogP contribution in [0.15, 0.2) is 0 Å². The zero-order valence-corrected chi connectivity index (χ0v) is 12.5. The topological polar surface area (TPSA) is 77.8 Å². The molecule has 0 spiro atoms. The van der Waals surface area contributed by atoms with Crippen molar-refractivity contribution in [2.45, 2.75) is 58.7 Å². The van der Waals surface area contributed by atoms with Crippen molar-refractivity contribution < 1.29 is 20.1 Å². The number of carbonyl (C=O) groups is 1. The summed E-state index contributed by atoms with van der Waals surface area (Å²) >= 11 is 0. The lowest BCUT2D eigenvalue weighted by Crippen LogP contribution is -2.27. The Balaban J connectivity index is 0. The van der Waals surface area contributed by atoms with E-state index in [-0.39, 0.29) is 12.0 Å². The standard InChI is InChI=1S/C8H12O3.C8H14O/c1-3-4-5-6(2)7(9)8(10)11;1-4-5-6-7(2)8(3)9/h1,6-7,9H,4-5H2,2H3,(H,10,11);1,7-9H,5-6H2,2-3H3/t6-,7+;7-,8-/m00/s1. The van der Waals surface area contributed by atoms with Gasteiger partial charge in [0.25, 0.3) is 0 Å². The normalized spacial score (nSPS) is 15.6. The van der Waals surface area contributed by atoms with E-state index in [0.29, 0.717) is 18.8 Å². The van der Waals surface area contributed by atoms with Crippen molar-refractivity contribution in [1.29, 1.82) is 0 Å². The molecule has 0 aliphatic rings. The average molecular weight is 282 g/mol. The van der Waals surface area contributed by atoms with Crippen molar-refractivity contribution in [2.75, 3.05) is 0 Å². The Kier molecular flexibility index (Phi) is 13.1. The van der Waals surface area contributed by atoms with Crippen LogP contribution in [-0.4, -0.2) is 33.5 Å². The fourth-order valence-corrected chi connectivity index (χ4v) is 1.26. The highest BCUT2D eigenvalue weighted by Gasteiger charge is 2.20. The van der Waals surface area contributed by atoms with Crippen molar-refractivity contribution >= 4 is 5.97 Å². The van der Waals surface area contributed by atoms with Crippen LogP contribution in [-0.2, 0) is 4.79 Å². The Morgan fingerprint density at radius 3 is 1.70 bits per heavy atom. The Labute approximate surface area is 122 Å². The summed E-state index contributed by atoms with van der Waals surface area (Å²) in [5, 5.41) is 26.3. The molecule has 0 aromatic heterocycles. The van der Waals surface area contributed by atoms with Gasteiger partial charge in [-0.25, -0.2) is 4.79 Å². The van der Waals surface area contributed by atoms with Gasteiger partial charge in [0, 0.05) is 12.8 Å². The van der Waals surface area contributed by atoms with E-state index in [1.807, 2.05) is 6.92 Å². The molecule has 0 heterocycles. The third-order valence-electron chi connectivity index (χ3n) is 3.10. The summed E-state index contributed by atoms with van der Waals surface area (Å²) in [4.78, 5) is 10.2. The highest BCUT2D eigenvalue weighted by atomic mass is 16.4. The van der Waals surface area contributed by atoms with Crippen LogP contribution >= 0.6 is 0 Å². The van der Waals surface area contributed by atoms with Crippen LogP contribution in [0.2, 0.25) is 0 Å². The monoisotopic (exact) mass is 282 g/mol. The number of aliphatic hydroxyl groups excluding tert-OH is 2. The molecule has 4 heteroatoms. The second kappa shape index (κ2) is 12.5. The van der Waals surface area contributed by atoms with Gasteiger partial charge in [0.1, 0.15) is 0 Å². The minimum atomic E-state index is -1.29. The lowest BCUT2D eigenvalue weighted by molar-refractivity contribution is -0.149. The number of carboxylic acid groups (broad SMARTS) is 1. The predicted molar refractivity (Wildman–Crippen MR) is 79.8 cm³/mol. The van der Waals surface area contributed by atoms with Gasteiger partial charge < -0.3 is 15.3 Å². The molecule has 4 atom stereocenters. The molecule has 114 valence electrons. The Bertz CT molecular complexity index is 335. The van der Waals surface area contributed by atoms with Gasteiger partial charge in [-0.15, -0.1) is 24.7 Å². The first-order chi connectivity index (χ1) is 9.27. The fraction of sp³-hybridized carbons (Fsp3) is 0.688. The van der Waals surface area contributed by atoms with E-state index in [0.717, 1.165) is 12.8 Å². The lowest BCUT2D eigenvalue weighted by atomic mass is 9.99. The van der Waals surface area contributed by atoms with Crippen molar-refractivity contribution in [2.24, 2.45) is 11.8 Å². The summed E-state index contributed by atoms with van der Waals surface area (Å²) in [6, 6.07) is 0. The molecule has 0 radical (unpaired) electrons. The molecule has 0 amide bonds. The molecular formula is C16H26O4. The van der Waals surface area contributed by atoms with E-state index in [4.69, 9.17) is 28.2 Å². The quantitative estimate of drug-likeness (QED) is 0.623. The number of rotatable bonds is 7. The maximum atomic E-state index is 10.2. The number of aliphatic hydroxyl groups is 2. The summed E-state index contributed by atoms with van der Waals surface area (Å²) in [5.41, 5.74) is 0. The van der Waals surface area contributed by atoms with Crippen molar-refractivity contribution in [3.63, 3.8) is 0 Å². The molecule has 0 bridgehead atoms. The molecule has 0 fully saturated rings. The Hall–Kier alpha value is -1.49. The Morgan fingerprint density at radius 2 is 1.40 bits per heavy atom. The first-order valence-corrected chi connectivity index (χ1v) is 6.73. The zero-order valence-electron chi connectivity index (χ0n) is 12.5. The highest BCUT2D eigenvalue weighted by Crippen LogP contribution is 2.10. The van der Waals surface area contributed by atoms with E-state index in [2.05, 4.69) is 11.8 Å². The first-order valence-electron chi connectivity index (χ1n) is 6.73. The van der Waals surface area contributed by atoms with Crippen molar-refractivity contribution in [1.82, 2.24) is 0 Å². The molecule has 4 nitrogen and oxygen atoms in total. The fourth-order valence-electron chi connectivity index (χ4n) is 1.26. The van der Waals surface area contributed by atoms with Gasteiger partial charge in [0.2, 0.25) is 0 Å². The third kappa shape index (κ3) is 11.6. The molecule has 0 aliphatic carbocycles. The van der Waals surface area contributed by atoms with E-state index in [1.54, 1.807) is 13.8 Å². The van der Waals surface area contributed by atoms with Crippen molar-refractivity contribution in [3.8, 4) is 24.7 Å². The van der Waals surface area contributed by atoms with Gasteiger partial charge >= 0.3 is 5.97 Å². The largest absolute Gasteiger partial charge is 0.479 e. The van der Waals surface area contributed by atoms with Gasteiger partial charge in [0.05, 0.1) is 6.10 Å². The summed E-state index contributed by atoms with van der Waals surface area (Å²) in [7, 11) is 0. The third-order valence-corrected chi connectivity index (χ3v) is 3.10. The predicted octanol–water partition coefficient (Wildman–Crippen LogP) is 1.90. The van der Waals surface area contributed by atoms with Crippen molar-refractivity contribution in [3.05, 3.63) is 0 Å². The van der Waals surface area contributed by atoms with Gasteiger partial charge in [-0.1, -0.05) is 13.8 Å². The molecular weight excluding hydrogens is 256 g/mol. The van der Waals surface area contributed by atoms with Gasteiger partial charge in [-0.3, -0.25) is 0 Å². The first kappa shape index (κ1) is 20.8. The average Bonchev–Trinajstić information content (AvgIpc) is 2.41. The minimum absolute atomic E-state index is 0.224. The number of hydrogen-bond donors (Lipinski definition) is 3. The SMILES string of the molecule is C#CCC[C@H](C)[C@@H](O)C(=O)O.C#CCC[C@H](C)[C@H](C)O. The summed E-state index contributed by atoms with van der Waals surface area (Å²) in [6.45, 7) is 5.46. The summed E-state index contributed by atoms with van der Waals surface area (Å²) in [6.07, 6.45) is 11.3. The van der Waals surface area contributed by atoms with E-state index >= 15 is 0 Å². The molecule has 0 saturated heterocycles. The Morgan fingerprint density at radius 1 is 1.00 bits per heavy atom. The summed E-state index contributed by atoms with van der Waals surface area (Å²) in [5.74, 6) is 3.80. The molecule has 0 saturated carbocycles. The van der Waals surface area contributed by atoms with Crippen LogP contribution < -0.4 is 0 Å². The van der Waals surface area contributed by atoms with Crippen LogP contribution in [0.25, 0.3) is 0 Å². The minimum Gasteiger partial charge on any atom is -0.479 e. The van der Waals surface area contributed by atoms with Gasteiger partial charge in [-0.05, 0) is 31.6 Å².